The molecular formula is C15H27NO2. The van der Waals surface area contributed by atoms with E-state index in [1.165, 1.54) is 12.8 Å². The molecule has 3 nitrogen and oxygen atoms in total. The lowest BCUT2D eigenvalue weighted by Crippen LogP contribution is -2.45. The van der Waals surface area contributed by atoms with Gasteiger partial charge in [-0.2, -0.15) is 0 Å². The van der Waals surface area contributed by atoms with Crippen LogP contribution in [0.25, 0.3) is 0 Å². The first kappa shape index (κ1) is 13.9. The lowest BCUT2D eigenvalue weighted by molar-refractivity contribution is -0.155. The second-order valence-electron chi connectivity index (χ2n) is 6.46. The molecule has 1 heterocycles. The van der Waals surface area contributed by atoms with Crippen LogP contribution in [0, 0.1) is 17.8 Å². The highest BCUT2D eigenvalue weighted by Crippen LogP contribution is 2.31. The maximum Gasteiger partial charge on any atom is 0.323 e. The van der Waals surface area contributed by atoms with Gasteiger partial charge >= 0.3 is 5.97 Å². The summed E-state index contributed by atoms with van der Waals surface area (Å²) in [5, 5.41) is 3.28. The highest BCUT2D eigenvalue weighted by atomic mass is 16.5. The molecule has 0 aromatic rings. The quantitative estimate of drug-likeness (QED) is 0.769. The summed E-state index contributed by atoms with van der Waals surface area (Å²) in [4.78, 5) is 12.1. The van der Waals surface area contributed by atoms with Crippen LogP contribution in [0.3, 0.4) is 0 Å². The van der Waals surface area contributed by atoms with Crippen molar-refractivity contribution in [3.05, 3.63) is 0 Å². The van der Waals surface area contributed by atoms with Gasteiger partial charge in [-0.3, -0.25) is 4.79 Å². The molecule has 1 N–H and O–H groups in total. The summed E-state index contributed by atoms with van der Waals surface area (Å²) in [5.41, 5.74) is 0. The molecule has 0 radical (unpaired) electrons. The highest BCUT2D eigenvalue weighted by Gasteiger charge is 2.31. The number of rotatable bonds is 2. The zero-order chi connectivity index (χ0) is 13.1. The predicted octanol–water partition coefficient (Wildman–Crippen LogP) is 2.74. The lowest BCUT2D eigenvalue weighted by Gasteiger charge is -2.33. The Morgan fingerprint density at radius 1 is 1.06 bits per heavy atom. The third-order valence-electron chi connectivity index (χ3n) is 4.78. The Morgan fingerprint density at radius 2 is 1.83 bits per heavy atom. The maximum absolute atomic E-state index is 12.1. The van der Waals surface area contributed by atoms with Gasteiger partial charge in [-0.15, -0.1) is 0 Å². The van der Waals surface area contributed by atoms with Crippen LogP contribution in [0.4, 0.5) is 0 Å². The van der Waals surface area contributed by atoms with Crippen molar-refractivity contribution in [1.29, 1.82) is 0 Å². The predicted molar refractivity (Wildman–Crippen MR) is 72.2 cm³/mol. The van der Waals surface area contributed by atoms with Gasteiger partial charge in [0.2, 0.25) is 0 Å². The van der Waals surface area contributed by atoms with Gasteiger partial charge in [-0.05, 0) is 56.4 Å². The number of hydrogen-bond acceptors (Lipinski definition) is 3. The number of carbonyl (C=O) groups is 1. The van der Waals surface area contributed by atoms with E-state index >= 15 is 0 Å². The molecule has 0 spiro atoms. The van der Waals surface area contributed by atoms with Gasteiger partial charge in [-0.25, -0.2) is 0 Å². The Bertz CT molecular complexity index is 292. The molecular weight excluding hydrogens is 226 g/mol. The molecule has 5 atom stereocenters. The van der Waals surface area contributed by atoms with Crippen molar-refractivity contribution < 1.29 is 9.53 Å². The van der Waals surface area contributed by atoms with Crippen LogP contribution in [0.15, 0.2) is 0 Å². The van der Waals surface area contributed by atoms with Crippen LogP contribution in [0.1, 0.15) is 52.9 Å². The van der Waals surface area contributed by atoms with Crippen molar-refractivity contribution >= 4 is 5.97 Å². The summed E-state index contributed by atoms with van der Waals surface area (Å²) < 4.78 is 5.70. The van der Waals surface area contributed by atoms with Crippen LogP contribution in [0.5, 0.6) is 0 Å². The molecule has 0 aromatic carbocycles. The van der Waals surface area contributed by atoms with Gasteiger partial charge in [0, 0.05) is 0 Å². The molecule has 2 aliphatic rings. The Kier molecular flexibility index (Phi) is 4.66. The van der Waals surface area contributed by atoms with E-state index in [4.69, 9.17) is 4.74 Å². The monoisotopic (exact) mass is 253 g/mol. The van der Waals surface area contributed by atoms with Crippen molar-refractivity contribution in [2.45, 2.75) is 65.0 Å². The molecule has 18 heavy (non-hydrogen) atoms. The van der Waals surface area contributed by atoms with Crippen LogP contribution >= 0.6 is 0 Å². The molecule has 3 heteroatoms. The molecule has 0 bridgehead atoms. The number of esters is 1. The van der Waals surface area contributed by atoms with Crippen molar-refractivity contribution in [1.82, 2.24) is 5.32 Å². The normalized spacial score (nSPS) is 41.4. The Labute approximate surface area is 111 Å². The summed E-state index contributed by atoms with van der Waals surface area (Å²) >= 11 is 0. The lowest BCUT2D eigenvalue weighted by atomic mass is 9.80. The number of carbonyl (C=O) groups excluding carboxylic acids is 1. The zero-order valence-corrected chi connectivity index (χ0v) is 11.9. The fourth-order valence-electron chi connectivity index (χ4n) is 3.14. The molecule has 0 amide bonds. The third-order valence-corrected chi connectivity index (χ3v) is 4.78. The van der Waals surface area contributed by atoms with Gasteiger partial charge in [-0.1, -0.05) is 20.8 Å². The van der Waals surface area contributed by atoms with Gasteiger partial charge < -0.3 is 10.1 Å². The van der Waals surface area contributed by atoms with Crippen LogP contribution < -0.4 is 5.32 Å². The highest BCUT2D eigenvalue weighted by molar-refractivity contribution is 5.76. The molecule has 0 aromatic heterocycles. The minimum absolute atomic E-state index is 0.0201. The Balaban J connectivity index is 1.80. The molecule has 104 valence electrons. The maximum atomic E-state index is 12.1. The molecule has 1 aliphatic heterocycles. The smallest absolute Gasteiger partial charge is 0.323 e. The summed E-state index contributed by atoms with van der Waals surface area (Å²) in [6, 6.07) is -0.0663. The fraction of sp³-hybridized carbons (Fsp3) is 0.933. The van der Waals surface area contributed by atoms with Gasteiger partial charge in [0.15, 0.2) is 0 Å². The Morgan fingerprint density at radius 3 is 2.50 bits per heavy atom. The van der Waals surface area contributed by atoms with E-state index < -0.39 is 0 Å². The number of nitrogens with one attached hydrogen (secondary N) is 1. The molecule has 5 unspecified atom stereocenters. The first-order valence-electron chi connectivity index (χ1n) is 7.50. The van der Waals surface area contributed by atoms with E-state index in [0.717, 1.165) is 31.7 Å². The Hall–Kier alpha value is -0.570. The number of piperidine rings is 1. The van der Waals surface area contributed by atoms with Gasteiger partial charge in [0.1, 0.15) is 12.1 Å². The average molecular weight is 253 g/mol. The summed E-state index contributed by atoms with van der Waals surface area (Å²) in [6.07, 6.45) is 5.52. The summed E-state index contributed by atoms with van der Waals surface area (Å²) in [6.45, 7) is 7.73. The van der Waals surface area contributed by atoms with E-state index in [1.807, 2.05) is 0 Å². The summed E-state index contributed by atoms with van der Waals surface area (Å²) in [7, 11) is 0. The third kappa shape index (κ3) is 3.47. The fourth-order valence-corrected chi connectivity index (χ4v) is 3.14. The number of ether oxygens (including phenoxy) is 1. The molecule has 1 saturated heterocycles. The van der Waals surface area contributed by atoms with E-state index in [2.05, 4.69) is 26.1 Å². The summed E-state index contributed by atoms with van der Waals surface area (Å²) in [5.74, 6) is 2.06. The molecule has 2 rings (SSSR count). The SMILES string of the molecule is CC1CCNC(C(=O)OC2CCC(C)C(C)C2)C1. The van der Waals surface area contributed by atoms with E-state index in [9.17, 15) is 4.79 Å². The number of hydrogen-bond donors (Lipinski definition) is 1. The molecule has 1 saturated carbocycles. The zero-order valence-electron chi connectivity index (χ0n) is 11.9. The minimum Gasteiger partial charge on any atom is -0.461 e. The van der Waals surface area contributed by atoms with E-state index in [0.29, 0.717) is 11.8 Å². The second-order valence-corrected chi connectivity index (χ2v) is 6.46. The van der Waals surface area contributed by atoms with Gasteiger partial charge in [0.25, 0.3) is 0 Å². The van der Waals surface area contributed by atoms with Gasteiger partial charge in [0.05, 0.1) is 0 Å². The average Bonchev–Trinajstić information content (AvgIpc) is 2.34. The molecule has 2 fully saturated rings. The van der Waals surface area contributed by atoms with Crippen molar-refractivity contribution in [3.8, 4) is 0 Å². The first-order chi connectivity index (χ1) is 8.56. The molecule has 1 aliphatic carbocycles. The second kappa shape index (κ2) is 6.05. The van der Waals surface area contributed by atoms with Crippen LogP contribution in [-0.2, 0) is 9.53 Å². The minimum atomic E-state index is -0.0663. The largest absolute Gasteiger partial charge is 0.461 e. The van der Waals surface area contributed by atoms with Crippen LogP contribution in [0.2, 0.25) is 0 Å². The standard InChI is InChI=1S/C15H27NO2/c1-10-6-7-16-14(8-10)15(17)18-13-5-4-11(2)12(3)9-13/h10-14,16H,4-9H2,1-3H3. The first-order valence-corrected chi connectivity index (χ1v) is 7.50. The van der Waals surface area contributed by atoms with E-state index in [1.54, 1.807) is 0 Å². The van der Waals surface area contributed by atoms with Crippen LogP contribution in [-0.4, -0.2) is 24.7 Å². The van der Waals surface area contributed by atoms with Crippen molar-refractivity contribution in [2.75, 3.05) is 6.54 Å². The topological polar surface area (TPSA) is 38.3 Å². The van der Waals surface area contributed by atoms with Crippen molar-refractivity contribution in [3.63, 3.8) is 0 Å². The van der Waals surface area contributed by atoms with Crippen molar-refractivity contribution in [2.24, 2.45) is 17.8 Å². The van der Waals surface area contributed by atoms with E-state index in [-0.39, 0.29) is 18.1 Å².